The van der Waals surface area contributed by atoms with Crippen LogP contribution in [0.2, 0.25) is 0 Å². The zero-order valence-corrected chi connectivity index (χ0v) is 8.79. The van der Waals surface area contributed by atoms with Crippen LogP contribution in [0, 0.1) is 5.41 Å². The summed E-state index contributed by atoms with van der Waals surface area (Å²) in [6, 6.07) is -0.776. The fourth-order valence-electron chi connectivity index (χ4n) is 0.772. The van der Waals surface area contributed by atoms with Crippen LogP contribution in [0.3, 0.4) is 0 Å². The Morgan fingerprint density at radius 3 is 2.31 bits per heavy atom. The molecule has 1 amide bonds. The summed E-state index contributed by atoms with van der Waals surface area (Å²) in [7, 11) is 0. The average Bonchev–Trinajstić information content (AvgIpc) is 2.01. The van der Waals surface area contributed by atoms with Crippen LogP contribution < -0.4 is 11.1 Å². The molecule has 0 aliphatic carbocycles. The second-order valence-corrected chi connectivity index (χ2v) is 4.44. The summed E-state index contributed by atoms with van der Waals surface area (Å²) < 4.78 is 0. The molecule has 0 rings (SSSR count). The molecule has 4 N–H and O–H groups in total. The van der Waals surface area contributed by atoms with Gasteiger partial charge in [0.25, 0.3) is 0 Å². The molecule has 0 aromatic rings. The molecule has 0 radical (unpaired) electrons. The Labute approximate surface area is 79.5 Å². The van der Waals surface area contributed by atoms with E-state index in [-0.39, 0.29) is 24.0 Å². The Balaban J connectivity index is 4.12. The number of amides is 1. The predicted molar refractivity (Wildman–Crippen MR) is 52.1 cm³/mol. The van der Waals surface area contributed by atoms with E-state index in [1.807, 2.05) is 20.8 Å². The predicted octanol–water partition coefficient (Wildman–Crippen LogP) is -0.143. The van der Waals surface area contributed by atoms with Gasteiger partial charge in [0.05, 0.1) is 12.6 Å². The number of rotatable bonds is 3. The molecule has 0 saturated heterocycles. The van der Waals surface area contributed by atoms with Gasteiger partial charge in [0.15, 0.2) is 0 Å². The number of aliphatic hydroxyl groups is 1. The quantitative estimate of drug-likeness (QED) is 0.577. The molecule has 13 heavy (non-hydrogen) atoms. The van der Waals surface area contributed by atoms with Crippen LogP contribution >= 0.6 is 0 Å². The van der Waals surface area contributed by atoms with Gasteiger partial charge in [-0.25, -0.2) is 0 Å². The fourth-order valence-corrected chi connectivity index (χ4v) is 0.772. The van der Waals surface area contributed by atoms with E-state index in [4.69, 9.17) is 10.8 Å². The van der Waals surface area contributed by atoms with Gasteiger partial charge in [-0.3, -0.25) is 4.79 Å². The summed E-state index contributed by atoms with van der Waals surface area (Å²) in [5, 5.41) is 11.3. The van der Waals surface area contributed by atoms with E-state index in [1.165, 1.54) is 0 Å². The largest absolute Gasteiger partial charge is 0.394 e. The standard InChI is InChI=1S/C9H20N2O2/c1-6(5-12)11-8(13)7(10)9(2,3)4/h6-7,12H,5,10H2,1-4H3,(H,11,13)/t6?,7-/m0/s1. The van der Waals surface area contributed by atoms with Gasteiger partial charge in [0.1, 0.15) is 0 Å². The van der Waals surface area contributed by atoms with Crippen LogP contribution in [-0.4, -0.2) is 29.7 Å². The van der Waals surface area contributed by atoms with Crippen molar-refractivity contribution >= 4 is 5.91 Å². The smallest absolute Gasteiger partial charge is 0.237 e. The Kier molecular flexibility index (Phi) is 4.36. The zero-order chi connectivity index (χ0) is 10.6. The molecule has 0 aromatic heterocycles. The van der Waals surface area contributed by atoms with Gasteiger partial charge in [-0.2, -0.15) is 0 Å². The second-order valence-electron chi connectivity index (χ2n) is 4.44. The van der Waals surface area contributed by atoms with Crippen molar-refractivity contribution in [2.24, 2.45) is 11.1 Å². The van der Waals surface area contributed by atoms with Crippen LogP contribution in [0.15, 0.2) is 0 Å². The Morgan fingerprint density at radius 1 is 1.54 bits per heavy atom. The number of hydrogen-bond donors (Lipinski definition) is 3. The highest BCUT2D eigenvalue weighted by molar-refractivity contribution is 5.82. The molecule has 0 aliphatic heterocycles. The molecule has 0 bridgehead atoms. The van der Waals surface area contributed by atoms with Crippen molar-refractivity contribution in [3.63, 3.8) is 0 Å². The third-order valence-corrected chi connectivity index (χ3v) is 1.88. The highest BCUT2D eigenvalue weighted by Crippen LogP contribution is 2.17. The molecule has 78 valence electrons. The molecule has 2 atom stereocenters. The van der Waals surface area contributed by atoms with Gasteiger partial charge in [-0.1, -0.05) is 20.8 Å². The maximum absolute atomic E-state index is 11.4. The lowest BCUT2D eigenvalue weighted by molar-refractivity contribution is -0.125. The number of carbonyl (C=O) groups excluding carboxylic acids is 1. The molecule has 0 spiro atoms. The summed E-state index contributed by atoms with van der Waals surface area (Å²) in [6.45, 7) is 7.37. The fraction of sp³-hybridized carbons (Fsp3) is 0.889. The Morgan fingerprint density at radius 2 is 2.00 bits per heavy atom. The summed E-state index contributed by atoms with van der Waals surface area (Å²) in [5.74, 6) is -0.214. The minimum absolute atomic E-state index is 0.0669. The van der Waals surface area contributed by atoms with Crippen molar-refractivity contribution < 1.29 is 9.90 Å². The van der Waals surface area contributed by atoms with Crippen molar-refractivity contribution in [2.45, 2.75) is 39.8 Å². The number of carbonyl (C=O) groups is 1. The summed E-state index contributed by atoms with van der Waals surface area (Å²) in [5.41, 5.74) is 5.45. The maximum Gasteiger partial charge on any atom is 0.237 e. The van der Waals surface area contributed by atoms with Gasteiger partial charge < -0.3 is 16.2 Å². The number of hydrogen-bond acceptors (Lipinski definition) is 3. The van der Waals surface area contributed by atoms with Gasteiger partial charge in [0.2, 0.25) is 5.91 Å². The van der Waals surface area contributed by atoms with Crippen molar-refractivity contribution in [2.75, 3.05) is 6.61 Å². The number of aliphatic hydroxyl groups excluding tert-OH is 1. The van der Waals surface area contributed by atoms with E-state index in [0.29, 0.717) is 0 Å². The maximum atomic E-state index is 11.4. The second kappa shape index (κ2) is 4.58. The minimum Gasteiger partial charge on any atom is -0.394 e. The first-order chi connectivity index (χ1) is 5.79. The number of nitrogens with two attached hydrogens (primary N) is 1. The number of nitrogens with one attached hydrogen (secondary N) is 1. The van der Waals surface area contributed by atoms with Crippen molar-refractivity contribution in [3.05, 3.63) is 0 Å². The summed E-state index contributed by atoms with van der Waals surface area (Å²) in [4.78, 5) is 11.4. The highest BCUT2D eigenvalue weighted by atomic mass is 16.3. The summed E-state index contributed by atoms with van der Waals surface area (Å²) >= 11 is 0. The molecule has 0 heterocycles. The van der Waals surface area contributed by atoms with E-state index in [0.717, 1.165) is 0 Å². The first kappa shape index (κ1) is 12.4. The molecule has 4 heteroatoms. The molecular formula is C9H20N2O2. The lowest BCUT2D eigenvalue weighted by Gasteiger charge is -2.26. The van der Waals surface area contributed by atoms with Gasteiger partial charge in [-0.15, -0.1) is 0 Å². The van der Waals surface area contributed by atoms with E-state index >= 15 is 0 Å². The van der Waals surface area contributed by atoms with Crippen LogP contribution in [0.25, 0.3) is 0 Å². The minimum atomic E-state index is -0.540. The monoisotopic (exact) mass is 188 g/mol. The van der Waals surface area contributed by atoms with Crippen LogP contribution in [0.5, 0.6) is 0 Å². The summed E-state index contributed by atoms with van der Waals surface area (Å²) in [6.07, 6.45) is 0. The van der Waals surface area contributed by atoms with E-state index in [9.17, 15) is 4.79 Å². The van der Waals surface area contributed by atoms with Gasteiger partial charge >= 0.3 is 0 Å². The highest BCUT2D eigenvalue weighted by Gasteiger charge is 2.27. The lowest BCUT2D eigenvalue weighted by atomic mass is 9.87. The van der Waals surface area contributed by atoms with Crippen molar-refractivity contribution in [3.8, 4) is 0 Å². The molecule has 0 aliphatic rings. The average molecular weight is 188 g/mol. The van der Waals surface area contributed by atoms with E-state index in [2.05, 4.69) is 5.32 Å². The third-order valence-electron chi connectivity index (χ3n) is 1.88. The molecule has 4 nitrogen and oxygen atoms in total. The van der Waals surface area contributed by atoms with Crippen LogP contribution in [0.1, 0.15) is 27.7 Å². The van der Waals surface area contributed by atoms with Crippen molar-refractivity contribution in [1.29, 1.82) is 0 Å². The van der Waals surface area contributed by atoms with Crippen LogP contribution in [0.4, 0.5) is 0 Å². The van der Waals surface area contributed by atoms with Gasteiger partial charge in [0, 0.05) is 6.04 Å². The molecule has 0 saturated carbocycles. The first-order valence-corrected chi connectivity index (χ1v) is 4.46. The lowest BCUT2D eigenvalue weighted by Crippen LogP contribution is -2.51. The molecular weight excluding hydrogens is 168 g/mol. The van der Waals surface area contributed by atoms with Gasteiger partial charge in [-0.05, 0) is 12.3 Å². The van der Waals surface area contributed by atoms with Crippen LogP contribution in [-0.2, 0) is 4.79 Å². The molecule has 0 aromatic carbocycles. The van der Waals surface area contributed by atoms with Crippen molar-refractivity contribution in [1.82, 2.24) is 5.32 Å². The normalized spacial score (nSPS) is 16.5. The SMILES string of the molecule is CC(CO)NC(=O)[C@H](N)C(C)(C)C. The van der Waals surface area contributed by atoms with E-state index < -0.39 is 6.04 Å². The zero-order valence-electron chi connectivity index (χ0n) is 8.79. The van der Waals surface area contributed by atoms with E-state index in [1.54, 1.807) is 6.92 Å². The Hall–Kier alpha value is -0.610. The molecule has 1 unspecified atom stereocenters. The third kappa shape index (κ3) is 4.24. The Bertz CT molecular complexity index is 175. The first-order valence-electron chi connectivity index (χ1n) is 4.46. The molecule has 0 fully saturated rings. The topological polar surface area (TPSA) is 75.3 Å².